The number of rotatable bonds is 3. The molecule has 0 fully saturated rings. The first-order chi connectivity index (χ1) is 8.54. The molecule has 0 spiro atoms. The predicted octanol–water partition coefficient (Wildman–Crippen LogP) is 4.47. The van der Waals surface area contributed by atoms with Crippen LogP contribution in [0.15, 0.2) is 23.6 Å². The minimum atomic E-state index is -0.196. The van der Waals surface area contributed by atoms with Crippen LogP contribution >= 0.6 is 22.9 Å². The number of thiophene rings is 1. The summed E-state index contributed by atoms with van der Waals surface area (Å²) in [5.41, 5.74) is 2.55. The molecule has 0 aliphatic heterocycles. The molecule has 96 valence electrons. The molecule has 1 nitrogen and oxygen atoms in total. The molecular weight excluding hydrogens is 269 g/mol. The van der Waals surface area contributed by atoms with E-state index in [0.717, 1.165) is 16.0 Å². The van der Waals surface area contributed by atoms with Gasteiger partial charge >= 0.3 is 0 Å². The van der Waals surface area contributed by atoms with Gasteiger partial charge in [-0.25, -0.2) is 4.39 Å². The highest BCUT2D eigenvalue weighted by Crippen LogP contribution is 2.35. The Kier molecular flexibility index (Phi) is 4.05. The molecule has 18 heavy (non-hydrogen) atoms. The maximum absolute atomic E-state index is 14.2. The highest BCUT2D eigenvalue weighted by atomic mass is 35.5. The normalized spacial score (nSPS) is 12.7. The summed E-state index contributed by atoms with van der Waals surface area (Å²) in [5, 5.41) is 5.75. The van der Waals surface area contributed by atoms with Crippen molar-refractivity contribution in [1.29, 1.82) is 0 Å². The zero-order chi connectivity index (χ0) is 13.3. The van der Waals surface area contributed by atoms with Crippen LogP contribution in [0, 0.1) is 19.7 Å². The Hall–Kier alpha value is -0.900. The first-order valence-electron chi connectivity index (χ1n) is 5.71. The summed E-state index contributed by atoms with van der Waals surface area (Å²) in [7, 11) is 1.82. The molecule has 1 N–H and O–H groups in total. The monoisotopic (exact) mass is 283 g/mol. The van der Waals surface area contributed by atoms with Crippen molar-refractivity contribution in [2.24, 2.45) is 0 Å². The van der Waals surface area contributed by atoms with Gasteiger partial charge in [-0.15, -0.1) is 11.3 Å². The number of hydrogen-bond donors (Lipinski definition) is 1. The van der Waals surface area contributed by atoms with Gasteiger partial charge in [0.1, 0.15) is 5.82 Å². The van der Waals surface area contributed by atoms with E-state index in [2.05, 4.69) is 5.32 Å². The van der Waals surface area contributed by atoms with E-state index in [1.165, 1.54) is 11.3 Å². The fourth-order valence-electron chi connectivity index (χ4n) is 2.21. The van der Waals surface area contributed by atoms with E-state index in [1.807, 2.05) is 38.4 Å². The van der Waals surface area contributed by atoms with Crippen LogP contribution in [-0.2, 0) is 0 Å². The predicted molar refractivity (Wildman–Crippen MR) is 76.1 cm³/mol. The second-order valence-corrected chi connectivity index (χ2v) is 5.69. The molecule has 0 aliphatic carbocycles. The van der Waals surface area contributed by atoms with Crippen LogP contribution in [0.3, 0.4) is 0 Å². The van der Waals surface area contributed by atoms with Gasteiger partial charge in [0.2, 0.25) is 0 Å². The summed E-state index contributed by atoms with van der Waals surface area (Å²) >= 11 is 7.68. The quantitative estimate of drug-likeness (QED) is 0.876. The van der Waals surface area contributed by atoms with Crippen molar-refractivity contribution in [3.8, 4) is 0 Å². The average molecular weight is 284 g/mol. The molecule has 0 bridgehead atoms. The minimum Gasteiger partial charge on any atom is -0.309 e. The van der Waals surface area contributed by atoms with Crippen molar-refractivity contribution in [3.63, 3.8) is 0 Å². The van der Waals surface area contributed by atoms with E-state index in [0.29, 0.717) is 10.6 Å². The van der Waals surface area contributed by atoms with Gasteiger partial charge in [0, 0.05) is 10.4 Å². The Morgan fingerprint density at radius 1 is 1.33 bits per heavy atom. The molecule has 0 amide bonds. The topological polar surface area (TPSA) is 12.0 Å². The van der Waals surface area contributed by atoms with Crippen LogP contribution in [0.4, 0.5) is 4.39 Å². The number of aryl methyl sites for hydroxylation is 2. The molecule has 1 atom stereocenters. The van der Waals surface area contributed by atoms with E-state index in [9.17, 15) is 4.39 Å². The molecule has 0 aliphatic rings. The molecule has 4 heteroatoms. The maximum atomic E-state index is 14.2. The third kappa shape index (κ3) is 2.44. The van der Waals surface area contributed by atoms with Gasteiger partial charge in [-0.05, 0) is 49.5 Å². The standard InChI is InChI=1S/C14H15ClFNS/c1-8-6-9(2)12(11(16)7-8)13(17-3)14-10(15)4-5-18-14/h4-7,13,17H,1-3H3. The number of nitrogens with one attached hydrogen (secondary N) is 1. The molecule has 2 aromatic rings. The Morgan fingerprint density at radius 3 is 2.56 bits per heavy atom. The third-order valence-corrected chi connectivity index (χ3v) is 4.39. The highest BCUT2D eigenvalue weighted by molar-refractivity contribution is 7.10. The second-order valence-electron chi connectivity index (χ2n) is 4.33. The molecule has 2 rings (SSSR count). The molecular formula is C14H15ClFNS. The molecule has 0 saturated carbocycles. The lowest BCUT2D eigenvalue weighted by Crippen LogP contribution is -2.19. The first-order valence-corrected chi connectivity index (χ1v) is 6.97. The maximum Gasteiger partial charge on any atom is 0.128 e. The summed E-state index contributed by atoms with van der Waals surface area (Å²) in [6.07, 6.45) is 0. The van der Waals surface area contributed by atoms with Gasteiger partial charge in [-0.2, -0.15) is 0 Å². The van der Waals surface area contributed by atoms with Crippen molar-refractivity contribution >= 4 is 22.9 Å². The molecule has 1 aromatic heterocycles. The van der Waals surface area contributed by atoms with Crippen molar-refractivity contribution in [2.45, 2.75) is 19.9 Å². The van der Waals surface area contributed by atoms with Gasteiger partial charge < -0.3 is 5.32 Å². The summed E-state index contributed by atoms with van der Waals surface area (Å²) < 4.78 is 14.2. The fourth-order valence-corrected chi connectivity index (χ4v) is 3.49. The summed E-state index contributed by atoms with van der Waals surface area (Å²) in [5.74, 6) is -0.184. The molecule has 1 heterocycles. The third-order valence-electron chi connectivity index (χ3n) is 2.97. The fraction of sp³-hybridized carbons (Fsp3) is 0.286. The van der Waals surface area contributed by atoms with Crippen LogP contribution in [0.2, 0.25) is 5.02 Å². The smallest absolute Gasteiger partial charge is 0.128 e. The van der Waals surface area contributed by atoms with Crippen molar-refractivity contribution in [1.82, 2.24) is 5.32 Å². The Balaban J connectivity index is 2.56. The zero-order valence-electron chi connectivity index (χ0n) is 10.6. The van der Waals surface area contributed by atoms with Gasteiger partial charge in [0.25, 0.3) is 0 Å². The summed E-state index contributed by atoms with van der Waals surface area (Å²) in [6, 6.07) is 5.20. The van der Waals surface area contributed by atoms with E-state index in [4.69, 9.17) is 11.6 Å². The van der Waals surface area contributed by atoms with Crippen LogP contribution in [-0.4, -0.2) is 7.05 Å². The van der Waals surface area contributed by atoms with Crippen LogP contribution < -0.4 is 5.32 Å². The zero-order valence-corrected chi connectivity index (χ0v) is 12.1. The SMILES string of the molecule is CNC(c1sccc1Cl)c1c(C)cc(C)cc1F. The Morgan fingerprint density at radius 2 is 2.06 bits per heavy atom. The molecule has 0 radical (unpaired) electrons. The largest absolute Gasteiger partial charge is 0.309 e. The number of hydrogen-bond acceptors (Lipinski definition) is 2. The van der Waals surface area contributed by atoms with Gasteiger partial charge in [-0.1, -0.05) is 17.7 Å². The lowest BCUT2D eigenvalue weighted by Gasteiger charge is -2.19. The van der Waals surface area contributed by atoms with Crippen LogP contribution in [0.1, 0.15) is 27.6 Å². The molecule has 0 saturated heterocycles. The number of benzene rings is 1. The van der Waals surface area contributed by atoms with Gasteiger partial charge in [-0.3, -0.25) is 0 Å². The van der Waals surface area contributed by atoms with Crippen LogP contribution in [0.5, 0.6) is 0 Å². The Labute approximate surface area is 116 Å². The minimum absolute atomic E-state index is 0.184. The van der Waals surface area contributed by atoms with Crippen molar-refractivity contribution < 1.29 is 4.39 Å². The summed E-state index contributed by atoms with van der Waals surface area (Å²) in [4.78, 5) is 0.949. The van der Waals surface area contributed by atoms with Gasteiger partial charge in [0.15, 0.2) is 0 Å². The lowest BCUT2D eigenvalue weighted by molar-refractivity contribution is 0.575. The van der Waals surface area contributed by atoms with Crippen LogP contribution in [0.25, 0.3) is 0 Å². The highest BCUT2D eigenvalue weighted by Gasteiger charge is 2.22. The van der Waals surface area contributed by atoms with Crippen molar-refractivity contribution in [2.75, 3.05) is 7.05 Å². The molecule has 1 aromatic carbocycles. The Bertz CT molecular complexity index is 542. The van der Waals surface area contributed by atoms with Gasteiger partial charge in [0.05, 0.1) is 11.1 Å². The number of halogens is 2. The first kappa shape index (κ1) is 13.5. The summed E-state index contributed by atoms with van der Waals surface area (Å²) in [6.45, 7) is 3.82. The van der Waals surface area contributed by atoms with E-state index >= 15 is 0 Å². The van der Waals surface area contributed by atoms with Crippen molar-refractivity contribution in [3.05, 3.63) is 56.0 Å². The lowest BCUT2D eigenvalue weighted by atomic mass is 9.97. The van der Waals surface area contributed by atoms with E-state index in [1.54, 1.807) is 6.07 Å². The average Bonchev–Trinajstić information content (AvgIpc) is 2.69. The second kappa shape index (κ2) is 5.39. The molecule has 1 unspecified atom stereocenters. The van der Waals surface area contributed by atoms with E-state index < -0.39 is 0 Å². The van der Waals surface area contributed by atoms with E-state index in [-0.39, 0.29) is 11.9 Å².